The van der Waals surface area contributed by atoms with Crippen molar-refractivity contribution >= 4 is 17.3 Å². The Morgan fingerprint density at radius 2 is 1.91 bits per heavy atom. The molecule has 0 aliphatic heterocycles. The Bertz CT molecular complexity index is 296. The number of hydrogen-bond acceptors (Lipinski definition) is 1. The molecule has 2 radical (unpaired) electrons. The van der Waals surface area contributed by atoms with E-state index in [1.165, 1.54) is 12.1 Å². The Hall–Kier alpha value is -1.71. The van der Waals surface area contributed by atoms with Gasteiger partial charge in [-0.2, -0.15) is 0 Å². The number of carboxylic acid groups (broad SMARTS) is 1. The van der Waals surface area contributed by atoms with Gasteiger partial charge in [-0.25, -0.2) is 4.79 Å². The molecule has 0 aliphatic carbocycles. The fourth-order valence-corrected chi connectivity index (χ4v) is 0.677. The molecular weight excluding hydrogens is 144 g/mol. The maximum atomic E-state index is 10.3. The van der Waals surface area contributed by atoms with Gasteiger partial charge in [-0.3, -0.25) is 11.5 Å². The molecule has 0 fully saturated rings. The summed E-state index contributed by atoms with van der Waals surface area (Å²) in [5, 5.41) is 8.46. The lowest BCUT2D eigenvalue weighted by atomic mass is 10.2. The van der Waals surface area contributed by atoms with Gasteiger partial charge in [-0.05, 0) is 18.2 Å². The topological polar surface area (TPSA) is 84.9 Å². The first-order valence-electron chi connectivity index (χ1n) is 2.92. The number of rotatable bonds is 1. The van der Waals surface area contributed by atoms with Crippen molar-refractivity contribution in [3.63, 3.8) is 0 Å². The van der Waals surface area contributed by atoms with Crippen LogP contribution in [-0.2, 0) is 0 Å². The SMILES string of the molecule is [NH]c1ccc(C(=O)O)cc1[NH]. The fourth-order valence-electron chi connectivity index (χ4n) is 0.677. The van der Waals surface area contributed by atoms with Crippen LogP contribution in [0.15, 0.2) is 18.2 Å². The van der Waals surface area contributed by atoms with Crippen LogP contribution in [0.5, 0.6) is 0 Å². The zero-order valence-corrected chi connectivity index (χ0v) is 5.59. The van der Waals surface area contributed by atoms with E-state index in [-0.39, 0.29) is 16.9 Å². The van der Waals surface area contributed by atoms with E-state index in [2.05, 4.69) is 0 Å². The van der Waals surface area contributed by atoms with Crippen molar-refractivity contribution in [1.82, 2.24) is 11.5 Å². The summed E-state index contributed by atoms with van der Waals surface area (Å²) in [5.74, 6) is -1.07. The zero-order chi connectivity index (χ0) is 8.43. The Balaban J connectivity index is 3.15. The Labute approximate surface area is 63.4 Å². The second-order valence-electron chi connectivity index (χ2n) is 2.07. The monoisotopic (exact) mass is 150 g/mol. The quantitative estimate of drug-likeness (QED) is 0.652. The van der Waals surface area contributed by atoms with Gasteiger partial charge in [-0.15, -0.1) is 0 Å². The first-order chi connectivity index (χ1) is 5.11. The lowest BCUT2D eigenvalue weighted by Gasteiger charge is -1.97. The summed E-state index contributed by atoms with van der Waals surface area (Å²) in [7, 11) is 0. The van der Waals surface area contributed by atoms with E-state index in [1.807, 2.05) is 0 Å². The minimum Gasteiger partial charge on any atom is -0.478 e. The highest BCUT2D eigenvalue weighted by Gasteiger charge is 2.03. The molecular formula is C7H6N2O2. The molecule has 0 spiro atoms. The second kappa shape index (κ2) is 2.49. The highest BCUT2D eigenvalue weighted by Crippen LogP contribution is 2.18. The third-order valence-corrected chi connectivity index (χ3v) is 1.27. The molecule has 11 heavy (non-hydrogen) atoms. The number of hydrogen-bond donors (Lipinski definition) is 1. The van der Waals surface area contributed by atoms with Crippen molar-refractivity contribution in [2.45, 2.75) is 0 Å². The van der Waals surface area contributed by atoms with Crippen LogP contribution < -0.4 is 11.5 Å². The average Bonchev–Trinajstić information content (AvgIpc) is 1.94. The van der Waals surface area contributed by atoms with Gasteiger partial charge in [0.1, 0.15) is 0 Å². The molecule has 0 saturated carbocycles. The summed E-state index contributed by atoms with van der Waals surface area (Å²) in [4.78, 5) is 10.3. The lowest BCUT2D eigenvalue weighted by Crippen LogP contribution is -1.95. The first kappa shape index (κ1) is 7.40. The maximum Gasteiger partial charge on any atom is 0.335 e. The summed E-state index contributed by atoms with van der Waals surface area (Å²) >= 11 is 0. The molecule has 0 heterocycles. The van der Waals surface area contributed by atoms with Gasteiger partial charge in [0, 0.05) is 0 Å². The van der Waals surface area contributed by atoms with E-state index in [9.17, 15) is 4.79 Å². The van der Waals surface area contributed by atoms with Crippen molar-refractivity contribution in [2.24, 2.45) is 0 Å². The number of benzene rings is 1. The minimum atomic E-state index is -1.07. The summed E-state index contributed by atoms with van der Waals surface area (Å²) in [6.07, 6.45) is 0. The van der Waals surface area contributed by atoms with Crippen molar-refractivity contribution in [1.29, 1.82) is 0 Å². The van der Waals surface area contributed by atoms with Crippen molar-refractivity contribution < 1.29 is 9.90 Å². The van der Waals surface area contributed by atoms with E-state index in [1.54, 1.807) is 0 Å². The molecule has 0 aromatic heterocycles. The average molecular weight is 150 g/mol. The van der Waals surface area contributed by atoms with E-state index in [0.717, 1.165) is 6.07 Å². The summed E-state index contributed by atoms with van der Waals surface area (Å²) in [6.45, 7) is 0. The first-order valence-corrected chi connectivity index (χ1v) is 2.92. The normalized spacial score (nSPS) is 9.45. The third-order valence-electron chi connectivity index (χ3n) is 1.27. The number of carboxylic acids is 1. The van der Waals surface area contributed by atoms with Crippen LogP contribution in [0, 0.1) is 0 Å². The summed E-state index contributed by atoms with van der Waals surface area (Å²) < 4.78 is 0. The van der Waals surface area contributed by atoms with Crippen LogP contribution in [0.2, 0.25) is 0 Å². The second-order valence-corrected chi connectivity index (χ2v) is 2.07. The predicted octanol–water partition coefficient (Wildman–Crippen LogP) is 1.21. The molecule has 0 unspecified atom stereocenters. The highest BCUT2D eigenvalue weighted by molar-refractivity contribution is 5.89. The largest absolute Gasteiger partial charge is 0.478 e. The molecule has 0 saturated heterocycles. The van der Waals surface area contributed by atoms with Gasteiger partial charge in [0.15, 0.2) is 0 Å². The fraction of sp³-hybridized carbons (Fsp3) is 0. The predicted molar refractivity (Wildman–Crippen MR) is 38.9 cm³/mol. The highest BCUT2D eigenvalue weighted by atomic mass is 16.4. The summed E-state index contributed by atoms with van der Waals surface area (Å²) in [5.41, 5.74) is 14.2. The Morgan fingerprint density at radius 3 is 2.36 bits per heavy atom. The number of nitrogens with one attached hydrogen (secondary N) is 2. The molecule has 56 valence electrons. The molecule has 0 atom stereocenters. The van der Waals surface area contributed by atoms with Crippen LogP contribution in [0.3, 0.4) is 0 Å². The Kier molecular flexibility index (Phi) is 1.68. The molecule has 3 N–H and O–H groups in total. The van der Waals surface area contributed by atoms with Crippen LogP contribution in [-0.4, -0.2) is 11.1 Å². The van der Waals surface area contributed by atoms with Gasteiger partial charge < -0.3 is 5.11 Å². The minimum absolute atomic E-state index is 0.0370. The van der Waals surface area contributed by atoms with Crippen molar-refractivity contribution in [3.8, 4) is 0 Å². The third kappa shape index (κ3) is 1.40. The van der Waals surface area contributed by atoms with Gasteiger partial charge in [-0.1, -0.05) is 0 Å². The maximum absolute atomic E-state index is 10.3. The number of carbonyl (C=O) groups is 1. The van der Waals surface area contributed by atoms with Crippen LogP contribution in [0.25, 0.3) is 0 Å². The molecule has 4 heteroatoms. The van der Waals surface area contributed by atoms with Crippen LogP contribution in [0.4, 0.5) is 11.4 Å². The molecule has 0 bridgehead atoms. The molecule has 4 nitrogen and oxygen atoms in total. The molecule has 0 aliphatic rings. The van der Waals surface area contributed by atoms with Gasteiger partial charge in [0.25, 0.3) is 0 Å². The van der Waals surface area contributed by atoms with E-state index >= 15 is 0 Å². The van der Waals surface area contributed by atoms with Gasteiger partial charge in [0.2, 0.25) is 0 Å². The lowest BCUT2D eigenvalue weighted by molar-refractivity contribution is 0.0697. The molecule has 1 aromatic carbocycles. The van der Waals surface area contributed by atoms with Gasteiger partial charge in [0.05, 0.1) is 16.9 Å². The summed E-state index contributed by atoms with van der Waals surface area (Å²) in [6, 6.07) is 3.76. The van der Waals surface area contributed by atoms with Crippen molar-refractivity contribution in [3.05, 3.63) is 23.8 Å². The van der Waals surface area contributed by atoms with Crippen LogP contribution in [0.1, 0.15) is 10.4 Å². The molecule has 0 amide bonds. The zero-order valence-electron chi connectivity index (χ0n) is 5.59. The smallest absolute Gasteiger partial charge is 0.335 e. The van der Waals surface area contributed by atoms with E-state index < -0.39 is 5.97 Å². The number of aromatic carboxylic acids is 1. The molecule has 1 rings (SSSR count). The molecule has 1 aromatic rings. The van der Waals surface area contributed by atoms with Crippen LogP contribution >= 0.6 is 0 Å². The Morgan fingerprint density at radius 1 is 1.27 bits per heavy atom. The van der Waals surface area contributed by atoms with E-state index in [0.29, 0.717) is 0 Å². The standard InChI is InChI=1S/C7H6N2O2/c8-5-2-1-4(7(10)11)3-6(5)9/h1-3,8-9H,(H,10,11). The van der Waals surface area contributed by atoms with Gasteiger partial charge >= 0.3 is 5.97 Å². The van der Waals surface area contributed by atoms with E-state index in [4.69, 9.17) is 16.6 Å². The van der Waals surface area contributed by atoms with Crippen molar-refractivity contribution in [2.75, 3.05) is 0 Å².